The molecule has 0 aliphatic rings. The van der Waals surface area contributed by atoms with Crippen LogP contribution in [0.5, 0.6) is 0 Å². The zero-order valence-corrected chi connectivity index (χ0v) is 9.68. The second-order valence-corrected chi connectivity index (χ2v) is 2.43. The quantitative estimate of drug-likeness (QED) is 0.451. The number of aromatic nitrogens is 2. The van der Waals surface area contributed by atoms with Gasteiger partial charge in [0.05, 0.1) is 0 Å². The fourth-order valence-corrected chi connectivity index (χ4v) is 0.763. The first-order chi connectivity index (χ1) is 5.89. The number of pyridine rings is 1. The Kier molecular flexibility index (Phi) is 7.29. The van der Waals surface area contributed by atoms with E-state index in [1.165, 1.54) is 0 Å². The minimum Gasteiger partial charge on any atom is -1.00 e. The summed E-state index contributed by atoms with van der Waals surface area (Å²) in [6.45, 7) is 0. The molecule has 0 fully saturated rings. The second kappa shape index (κ2) is 7.79. The Balaban J connectivity index is 0.000000215. The van der Waals surface area contributed by atoms with Crippen LogP contribution < -0.4 is 28.5 Å². The minimum absolute atomic E-state index is 0. The first-order valence-corrected chi connectivity index (χ1v) is 3.87. The highest BCUT2D eigenvalue weighted by Crippen LogP contribution is 1.72. The van der Waals surface area contributed by atoms with Crippen molar-refractivity contribution >= 4 is 0 Å². The van der Waals surface area contributed by atoms with Gasteiger partial charge in [0.15, 0.2) is 12.4 Å². The summed E-state index contributed by atoms with van der Waals surface area (Å²) in [5, 5.41) is 0. The van der Waals surface area contributed by atoms with Gasteiger partial charge in [-0.2, -0.15) is 0 Å². The first-order valence-electron chi connectivity index (χ1n) is 3.87. The van der Waals surface area contributed by atoms with E-state index in [1.807, 2.05) is 66.7 Å². The van der Waals surface area contributed by atoms with E-state index in [0.717, 1.165) is 0 Å². The van der Waals surface area contributed by atoms with Gasteiger partial charge < -0.3 is 29.0 Å². The third-order valence-electron chi connectivity index (χ3n) is 1.36. The lowest BCUT2D eigenvalue weighted by Crippen LogP contribution is -3.00. The van der Waals surface area contributed by atoms with Crippen LogP contribution in [0.1, 0.15) is 0 Å². The van der Waals surface area contributed by atoms with E-state index in [0.29, 0.717) is 0 Å². The third-order valence-corrected chi connectivity index (χ3v) is 1.36. The van der Waals surface area contributed by atoms with Crippen LogP contribution in [-0.2, 0) is 7.05 Å². The molecule has 3 heteroatoms. The minimum atomic E-state index is 0. The van der Waals surface area contributed by atoms with Gasteiger partial charge in [-0.1, -0.05) is 6.07 Å². The molecule has 0 aromatic carbocycles. The number of rotatable bonds is 0. The molecular formula is C10H13IN2. The molecule has 0 aliphatic heterocycles. The monoisotopic (exact) mass is 288 g/mol. The zero-order chi connectivity index (χ0) is 8.65. The van der Waals surface area contributed by atoms with Crippen molar-refractivity contribution in [1.82, 2.24) is 4.98 Å². The van der Waals surface area contributed by atoms with Gasteiger partial charge in [-0.05, 0) is 12.1 Å². The van der Waals surface area contributed by atoms with E-state index >= 15 is 0 Å². The van der Waals surface area contributed by atoms with Crippen molar-refractivity contribution in [1.29, 1.82) is 0 Å². The normalized spacial score (nSPS) is 7.77. The predicted molar refractivity (Wildman–Crippen MR) is 48.4 cm³/mol. The van der Waals surface area contributed by atoms with Gasteiger partial charge in [0.2, 0.25) is 0 Å². The van der Waals surface area contributed by atoms with Crippen LogP contribution in [-0.4, -0.2) is 4.98 Å². The Morgan fingerprint density at radius 2 is 1.38 bits per heavy atom. The molecule has 0 unspecified atom stereocenters. The van der Waals surface area contributed by atoms with Gasteiger partial charge in [-0.15, -0.1) is 0 Å². The second-order valence-electron chi connectivity index (χ2n) is 2.43. The standard InChI is InChI=1S/C6H8N.C4H5N.HI/c1-7-5-3-2-4-6-7;1-2-4-5-3-1;/h2-6H,1H3;1-5H;1H/q+1;;/p-1. The van der Waals surface area contributed by atoms with Crippen LogP contribution >= 0.6 is 0 Å². The molecule has 0 amide bonds. The molecule has 70 valence electrons. The lowest BCUT2D eigenvalue weighted by atomic mass is 10.5. The van der Waals surface area contributed by atoms with E-state index in [4.69, 9.17) is 0 Å². The highest BCUT2D eigenvalue weighted by Gasteiger charge is 1.78. The van der Waals surface area contributed by atoms with Gasteiger partial charge in [0.1, 0.15) is 7.05 Å². The van der Waals surface area contributed by atoms with Crippen molar-refractivity contribution in [3.63, 3.8) is 0 Å². The van der Waals surface area contributed by atoms with E-state index in [2.05, 4.69) is 4.98 Å². The average molecular weight is 288 g/mol. The van der Waals surface area contributed by atoms with E-state index in [1.54, 1.807) is 0 Å². The number of nitrogens with zero attached hydrogens (tertiary/aromatic N) is 1. The fourth-order valence-electron chi connectivity index (χ4n) is 0.763. The van der Waals surface area contributed by atoms with Crippen LogP contribution in [0.2, 0.25) is 0 Å². The van der Waals surface area contributed by atoms with Gasteiger partial charge in [0.25, 0.3) is 0 Å². The molecule has 2 heterocycles. The van der Waals surface area contributed by atoms with Crippen molar-refractivity contribution in [2.45, 2.75) is 0 Å². The van der Waals surface area contributed by atoms with Crippen molar-refractivity contribution in [2.75, 3.05) is 0 Å². The van der Waals surface area contributed by atoms with Crippen LogP contribution in [0.4, 0.5) is 0 Å². The molecule has 2 rings (SSSR count). The van der Waals surface area contributed by atoms with Crippen LogP contribution in [0.25, 0.3) is 0 Å². The maximum Gasteiger partial charge on any atom is 0.168 e. The summed E-state index contributed by atoms with van der Waals surface area (Å²) in [6.07, 6.45) is 7.75. The van der Waals surface area contributed by atoms with Gasteiger partial charge in [-0.3, -0.25) is 0 Å². The van der Waals surface area contributed by atoms with Crippen LogP contribution in [0.3, 0.4) is 0 Å². The Bertz CT molecular complexity index is 262. The van der Waals surface area contributed by atoms with Crippen molar-refractivity contribution in [3.8, 4) is 0 Å². The summed E-state index contributed by atoms with van der Waals surface area (Å²) in [5.41, 5.74) is 0. The number of halogens is 1. The maximum atomic E-state index is 2.86. The first kappa shape index (κ1) is 12.2. The number of aryl methyl sites for hydroxylation is 1. The highest BCUT2D eigenvalue weighted by atomic mass is 127. The Labute approximate surface area is 95.6 Å². The highest BCUT2D eigenvalue weighted by molar-refractivity contribution is 4.85. The van der Waals surface area contributed by atoms with Crippen molar-refractivity contribution < 1.29 is 28.5 Å². The summed E-state index contributed by atoms with van der Waals surface area (Å²) in [7, 11) is 2.00. The molecule has 2 aromatic rings. The lowest BCUT2D eigenvalue weighted by Gasteiger charge is -1.77. The molecule has 13 heavy (non-hydrogen) atoms. The maximum absolute atomic E-state index is 2.86. The molecule has 2 nitrogen and oxygen atoms in total. The summed E-state index contributed by atoms with van der Waals surface area (Å²) in [4.78, 5) is 2.86. The summed E-state index contributed by atoms with van der Waals surface area (Å²) >= 11 is 0. The van der Waals surface area contributed by atoms with Gasteiger partial charge >= 0.3 is 0 Å². The molecule has 0 bridgehead atoms. The average Bonchev–Trinajstić information content (AvgIpc) is 2.62. The molecular weight excluding hydrogens is 275 g/mol. The Morgan fingerprint density at radius 3 is 1.62 bits per heavy atom. The smallest absolute Gasteiger partial charge is 0.168 e. The number of hydrogen-bond acceptors (Lipinski definition) is 0. The molecule has 2 aromatic heterocycles. The van der Waals surface area contributed by atoms with E-state index in [-0.39, 0.29) is 24.0 Å². The number of nitrogens with one attached hydrogen (secondary N) is 1. The molecule has 0 atom stereocenters. The number of H-pyrrole nitrogens is 1. The molecule has 0 saturated carbocycles. The molecule has 0 aliphatic carbocycles. The molecule has 1 N–H and O–H groups in total. The summed E-state index contributed by atoms with van der Waals surface area (Å²) in [6, 6.07) is 9.89. The third kappa shape index (κ3) is 6.33. The lowest BCUT2D eigenvalue weighted by molar-refractivity contribution is -0.671. The topological polar surface area (TPSA) is 19.7 Å². The molecule has 0 saturated heterocycles. The van der Waals surface area contributed by atoms with Crippen LogP contribution in [0.15, 0.2) is 55.1 Å². The molecule has 0 radical (unpaired) electrons. The Hall–Kier alpha value is -0.840. The van der Waals surface area contributed by atoms with Gasteiger partial charge in [-0.25, -0.2) is 4.57 Å². The Morgan fingerprint density at radius 1 is 0.846 bits per heavy atom. The number of hydrogen-bond donors (Lipinski definition) is 1. The fraction of sp³-hybridized carbons (Fsp3) is 0.100. The SMILES string of the molecule is C[n+]1ccccc1.[I-].c1cc[nH]c1. The van der Waals surface area contributed by atoms with Crippen LogP contribution in [0, 0.1) is 0 Å². The van der Waals surface area contributed by atoms with Crippen molar-refractivity contribution in [2.24, 2.45) is 7.05 Å². The van der Waals surface area contributed by atoms with Gasteiger partial charge in [0, 0.05) is 24.5 Å². The summed E-state index contributed by atoms with van der Waals surface area (Å²) in [5.74, 6) is 0. The largest absolute Gasteiger partial charge is 1.00 e. The summed E-state index contributed by atoms with van der Waals surface area (Å²) < 4.78 is 2.00. The zero-order valence-electron chi connectivity index (χ0n) is 7.52. The number of aromatic amines is 1. The predicted octanol–water partition coefficient (Wildman–Crippen LogP) is -1.47. The van der Waals surface area contributed by atoms with E-state index in [9.17, 15) is 0 Å². The van der Waals surface area contributed by atoms with Crippen molar-refractivity contribution in [3.05, 3.63) is 55.1 Å². The molecule has 0 spiro atoms. The van der Waals surface area contributed by atoms with E-state index < -0.39 is 0 Å².